The molecule has 0 bridgehead atoms. The van der Waals surface area contributed by atoms with Crippen LogP contribution in [0.25, 0.3) is 0 Å². The van der Waals surface area contributed by atoms with Gasteiger partial charge in [0.05, 0.1) is 17.1 Å². The van der Waals surface area contributed by atoms with Gasteiger partial charge in [-0.2, -0.15) is 5.26 Å². The lowest BCUT2D eigenvalue weighted by atomic mass is 9.65. The first kappa shape index (κ1) is 10.9. The molecule has 4 nitrogen and oxygen atoms in total. The molecule has 1 atom stereocenters. The van der Waals surface area contributed by atoms with Crippen LogP contribution >= 0.6 is 0 Å². The van der Waals surface area contributed by atoms with Gasteiger partial charge in [-0.15, -0.1) is 0 Å². The number of hydrogen-bond donors (Lipinski definition) is 2. The minimum Gasteiger partial charge on any atom is -0.387 e. The third-order valence-electron chi connectivity index (χ3n) is 3.81. The molecule has 84 valence electrons. The van der Waals surface area contributed by atoms with Crippen molar-refractivity contribution < 1.29 is 9.84 Å². The van der Waals surface area contributed by atoms with E-state index in [2.05, 4.69) is 11.4 Å². The van der Waals surface area contributed by atoms with E-state index >= 15 is 0 Å². The molecule has 0 saturated carbocycles. The number of hydrogen-bond acceptors (Lipinski definition) is 4. The van der Waals surface area contributed by atoms with Crippen LogP contribution in [0.5, 0.6) is 0 Å². The second kappa shape index (κ2) is 4.09. The quantitative estimate of drug-likeness (QED) is 0.658. The summed E-state index contributed by atoms with van der Waals surface area (Å²) in [7, 11) is 0. The Bertz CT molecular complexity index is 260. The lowest BCUT2D eigenvalue weighted by Crippen LogP contribution is -2.58. The predicted octanol–water partition coefficient (Wildman–Crippen LogP) is 0.421. The van der Waals surface area contributed by atoms with Crippen LogP contribution in [0.4, 0.5) is 0 Å². The van der Waals surface area contributed by atoms with Gasteiger partial charge in [0, 0.05) is 19.8 Å². The molecular formula is C11H18N2O2. The van der Waals surface area contributed by atoms with Gasteiger partial charge >= 0.3 is 0 Å². The van der Waals surface area contributed by atoms with E-state index in [-0.39, 0.29) is 0 Å². The summed E-state index contributed by atoms with van der Waals surface area (Å²) in [5.41, 5.74) is -1.46. The Morgan fingerprint density at radius 1 is 1.27 bits per heavy atom. The highest BCUT2D eigenvalue weighted by molar-refractivity contribution is 5.14. The topological polar surface area (TPSA) is 65.3 Å². The number of rotatable bonds is 1. The first-order valence-electron chi connectivity index (χ1n) is 5.65. The predicted molar refractivity (Wildman–Crippen MR) is 55.2 cm³/mol. The highest BCUT2D eigenvalue weighted by Crippen LogP contribution is 2.43. The van der Waals surface area contributed by atoms with Crippen LogP contribution in [0.3, 0.4) is 0 Å². The first-order chi connectivity index (χ1) is 7.22. The lowest BCUT2D eigenvalue weighted by molar-refractivity contribution is -0.114. The van der Waals surface area contributed by atoms with Gasteiger partial charge in [0.15, 0.2) is 0 Å². The number of aliphatic hydroxyl groups is 1. The maximum Gasteiger partial charge on any atom is 0.0959 e. The summed E-state index contributed by atoms with van der Waals surface area (Å²) in [5.74, 6) is 0. The monoisotopic (exact) mass is 210 g/mol. The van der Waals surface area contributed by atoms with Crippen molar-refractivity contribution in [1.29, 1.82) is 5.26 Å². The molecule has 0 aliphatic carbocycles. The molecular weight excluding hydrogens is 192 g/mol. The Morgan fingerprint density at radius 2 is 2.00 bits per heavy atom. The molecule has 0 aromatic carbocycles. The largest absolute Gasteiger partial charge is 0.387 e. The van der Waals surface area contributed by atoms with Gasteiger partial charge in [-0.3, -0.25) is 0 Å². The van der Waals surface area contributed by atoms with Crippen molar-refractivity contribution in [3.05, 3.63) is 0 Å². The molecule has 0 radical (unpaired) electrons. The van der Waals surface area contributed by atoms with Crippen molar-refractivity contribution in [2.24, 2.45) is 5.41 Å². The van der Waals surface area contributed by atoms with E-state index < -0.39 is 11.0 Å². The first-order valence-corrected chi connectivity index (χ1v) is 5.65. The van der Waals surface area contributed by atoms with Gasteiger partial charge in [-0.1, -0.05) is 0 Å². The molecule has 0 spiro atoms. The Morgan fingerprint density at radius 3 is 2.53 bits per heavy atom. The summed E-state index contributed by atoms with van der Waals surface area (Å²) in [5, 5.41) is 23.2. The van der Waals surface area contributed by atoms with Crippen LogP contribution in [0, 0.1) is 16.7 Å². The van der Waals surface area contributed by atoms with E-state index in [4.69, 9.17) is 4.74 Å². The fourth-order valence-corrected chi connectivity index (χ4v) is 2.70. The molecule has 0 amide bonds. The molecule has 2 saturated heterocycles. The highest BCUT2D eigenvalue weighted by Gasteiger charge is 2.51. The van der Waals surface area contributed by atoms with Crippen LogP contribution < -0.4 is 5.32 Å². The average Bonchev–Trinajstić information content (AvgIpc) is 2.31. The van der Waals surface area contributed by atoms with Crippen molar-refractivity contribution in [2.75, 3.05) is 26.3 Å². The zero-order valence-corrected chi connectivity index (χ0v) is 8.96. The van der Waals surface area contributed by atoms with Gasteiger partial charge in [-0.05, 0) is 32.2 Å². The number of nitriles is 1. The average molecular weight is 210 g/mol. The molecule has 2 aliphatic heterocycles. The Balaban J connectivity index is 2.19. The molecule has 2 aliphatic rings. The summed E-state index contributed by atoms with van der Waals surface area (Å²) in [4.78, 5) is 0. The molecule has 4 heteroatoms. The maximum atomic E-state index is 10.6. The van der Waals surface area contributed by atoms with Gasteiger partial charge in [0.2, 0.25) is 0 Å². The zero-order valence-electron chi connectivity index (χ0n) is 8.96. The van der Waals surface area contributed by atoms with Gasteiger partial charge < -0.3 is 15.2 Å². The third-order valence-corrected chi connectivity index (χ3v) is 3.81. The number of nitrogens with one attached hydrogen (secondary N) is 1. The Hall–Kier alpha value is -0.630. The van der Waals surface area contributed by atoms with E-state index in [1.807, 2.05) is 0 Å². The summed E-state index contributed by atoms with van der Waals surface area (Å²) in [6.45, 7) is 2.67. The minimum atomic E-state index is -0.857. The Labute approximate surface area is 90.2 Å². The van der Waals surface area contributed by atoms with Gasteiger partial charge in [0.25, 0.3) is 0 Å². The van der Waals surface area contributed by atoms with Gasteiger partial charge in [0.1, 0.15) is 0 Å². The molecule has 0 aromatic rings. The highest BCUT2D eigenvalue weighted by atomic mass is 16.5. The van der Waals surface area contributed by atoms with Crippen molar-refractivity contribution in [3.63, 3.8) is 0 Å². The third kappa shape index (κ3) is 1.76. The van der Waals surface area contributed by atoms with Crippen molar-refractivity contribution >= 4 is 0 Å². The molecule has 0 aromatic heterocycles. The van der Waals surface area contributed by atoms with Crippen LogP contribution in [0.15, 0.2) is 0 Å². The molecule has 1 unspecified atom stereocenters. The summed E-state index contributed by atoms with van der Waals surface area (Å²) in [6, 6.07) is 2.36. The van der Waals surface area contributed by atoms with Crippen LogP contribution in [-0.4, -0.2) is 37.0 Å². The summed E-state index contributed by atoms with van der Waals surface area (Å²) < 4.78 is 5.28. The molecule has 2 fully saturated rings. The van der Waals surface area contributed by atoms with Crippen LogP contribution in [0.2, 0.25) is 0 Å². The second-order valence-electron chi connectivity index (χ2n) is 4.62. The number of ether oxygens (including phenoxy) is 1. The zero-order chi connectivity index (χ0) is 10.8. The van der Waals surface area contributed by atoms with Crippen molar-refractivity contribution in [1.82, 2.24) is 5.32 Å². The molecule has 15 heavy (non-hydrogen) atoms. The maximum absolute atomic E-state index is 10.6. The molecule has 2 rings (SSSR count). The lowest BCUT2D eigenvalue weighted by Gasteiger charge is -2.46. The number of nitrogens with zero attached hydrogens (tertiary/aromatic N) is 1. The fourth-order valence-electron chi connectivity index (χ4n) is 2.70. The number of piperidine rings is 1. The minimum absolute atomic E-state index is 0.542. The summed E-state index contributed by atoms with van der Waals surface area (Å²) in [6.07, 6.45) is 2.98. The number of β-amino-alcohol motifs (C(OH)–C–C–N with tert-alkyl or cyclic N) is 1. The van der Waals surface area contributed by atoms with E-state index in [1.54, 1.807) is 0 Å². The van der Waals surface area contributed by atoms with Gasteiger partial charge in [-0.25, -0.2) is 0 Å². The molecule has 2 N–H and O–H groups in total. The Kier molecular flexibility index (Phi) is 2.96. The second-order valence-corrected chi connectivity index (χ2v) is 4.62. The SMILES string of the molecule is N#CC1(C2(O)CCCNC2)CCOCC1. The van der Waals surface area contributed by atoms with Crippen LogP contribution in [0.1, 0.15) is 25.7 Å². The van der Waals surface area contributed by atoms with Crippen molar-refractivity contribution in [3.8, 4) is 6.07 Å². The smallest absolute Gasteiger partial charge is 0.0959 e. The van der Waals surface area contributed by atoms with E-state index in [1.165, 1.54) is 0 Å². The van der Waals surface area contributed by atoms with Crippen LogP contribution in [-0.2, 0) is 4.74 Å². The molecule has 2 heterocycles. The van der Waals surface area contributed by atoms with Crippen molar-refractivity contribution in [2.45, 2.75) is 31.3 Å². The van der Waals surface area contributed by atoms with E-state index in [9.17, 15) is 10.4 Å². The summed E-state index contributed by atoms with van der Waals surface area (Å²) >= 11 is 0. The standard InChI is InChI=1S/C11H18N2O2/c12-8-10(3-6-15-7-4-10)11(14)2-1-5-13-9-11/h13-14H,1-7,9H2. The fraction of sp³-hybridized carbons (Fsp3) is 0.909. The van der Waals surface area contributed by atoms with E-state index in [0.717, 1.165) is 19.4 Å². The normalized spacial score (nSPS) is 35.7. The van der Waals surface area contributed by atoms with E-state index in [0.29, 0.717) is 32.6 Å².